The van der Waals surface area contributed by atoms with Crippen molar-refractivity contribution in [1.29, 1.82) is 0 Å². The van der Waals surface area contributed by atoms with Gasteiger partial charge in [-0.15, -0.1) is 0 Å². The van der Waals surface area contributed by atoms with E-state index in [9.17, 15) is 36.2 Å². The Morgan fingerprint density at radius 2 is 1.34 bits per heavy atom. The van der Waals surface area contributed by atoms with E-state index in [0.29, 0.717) is 40.4 Å². The molecule has 38 heavy (non-hydrogen) atoms. The number of hydrogen-bond donors (Lipinski definition) is 1. The molecule has 0 aliphatic heterocycles. The number of carbonyl (C=O) groups is 1. The first kappa shape index (κ1) is 29.1. The lowest BCUT2D eigenvalue weighted by molar-refractivity contribution is -0.139. The molecule has 0 bridgehead atoms. The smallest absolute Gasteiger partial charge is 0.416 e. The number of alkyl halides is 6. The van der Waals surface area contributed by atoms with E-state index in [4.69, 9.17) is 0 Å². The minimum absolute atomic E-state index is 0.260. The van der Waals surface area contributed by atoms with Crippen molar-refractivity contribution >= 4 is 11.7 Å². The van der Waals surface area contributed by atoms with Crippen LogP contribution in [0.1, 0.15) is 55.4 Å². The van der Waals surface area contributed by atoms with Crippen LogP contribution in [0.25, 0.3) is 11.1 Å². The van der Waals surface area contributed by atoms with Crippen molar-refractivity contribution in [1.82, 2.24) is 0 Å². The number of carboxylic acids is 1. The van der Waals surface area contributed by atoms with Crippen LogP contribution in [0.3, 0.4) is 0 Å². The average Bonchev–Trinajstić information content (AvgIpc) is 2.85. The van der Waals surface area contributed by atoms with Gasteiger partial charge in [0, 0.05) is 18.8 Å². The molecule has 0 spiro atoms. The largest absolute Gasteiger partial charge is 0.481 e. The highest BCUT2D eigenvalue weighted by molar-refractivity contribution is 5.77. The highest BCUT2D eigenvalue weighted by Gasteiger charge is 2.31. The Kier molecular flexibility index (Phi) is 8.79. The predicted molar refractivity (Wildman–Crippen MR) is 135 cm³/mol. The van der Waals surface area contributed by atoms with Crippen LogP contribution in [0.2, 0.25) is 0 Å². The second-order valence-corrected chi connectivity index (χ2v) is 9.70. The fraction of sp³-hybridized carbons (Fsp3) is 0.345. The summed E-state index contributed by atoms with van der Waals surface area (Å²) in [6, 6.07) is 14.5. The van der Waals surface area contributed by atoms with Crippen LogP contribution in [0, 0.1) is 5.92 Å². The zero-order valence-electron chi connectivity index (χ0n) is 21.2. The molecule has 9 heteroatoms. The van der Waals surface area contributed by atoms with Crippen molar-refractivity contribution in [2.24, 2.45) is 5.92 Å². The van der Waals surface area contributed by atoms with Gasteiger partial charge in [-0.3, -0.25) is 4.79 Å². The first-order valence-corrected chi connectivity index (χ1v) is 12.1. The highest BCUT2D eigenvalue weighted by Crippen LogP contribution is 2.35. The average molecular weight is 538 g/mol. The molecule has 0 amide bonds. The number of rotatable bonds is 9. The number of benzene rings is 3. The molecule has 0 radical (unpaired) electrons. The minimum atomic E-state index is -4.50. The molecule has 0 aromatic heterocycles. The molecule has 1 N–H and O–H groups in total. The molecule has 3 aromatic carbocycles. The van der Waals surface area contributed by atoms with Crippen LogP contribution in [0.15, 0.2) is 66.7 Å². The molecule has 1 atom stereocenters. The van der Waals surface area contributed by atoms with E-state index in [1.807, 2.05) is 18.7 Å². The molecule has 204 valence electrons. The Morgan fingerprint density at radius 1 is 0.816 bits per heavy atom. The van der Waals surface area contributed by atoms with Gasteiger partial charge in [-0.05, 0) is 84.0 Å². The lowest BCUT2D eigenvalue weighted by atomic mass is 9.91. The number of aliphatic carboxylic acids is 1. The molecular weight excluding hydrogens is 508 g/mol. The summed E-state index contributed by atoms with van der Waals surface area (Å²) in [4.78, 5) is 13.5. The molecule has 3 rings (SSSR count). The number of nitrogens with zero attached hydrogens (tertiary/aromatic N) is 1. The van der Waals surface area contributed by atoms with Gasteiger partial charge in [-0.1, -0.05) is 38.1 Å². The molecular formula is C29H29F6NO2. The lowest BCUT2D eigenvalue weighted by Gasteiger charge is -2.28. The van der Waals surface area contributed by atoms with Crippen molar-refractivity contribution < 1.29 is 36.2 Å². The summed E-state index contributed by atoms with van der Waals surface area (Å²) in [7, 11) is 0. The second kappa shape index (κ2) is 11.5. The lowest BCUT2D eigenvalue weighted by Crippen LogP contribution is -2.25. The maximum Gasteiger partial charge on any atom is 0.416 e. The Hall–Kier alpha value is -3.49. The van der Waals surface area contributed by atoms with E-state index >= 15 is 0 Å². The van der Waals surface area contributed by atoms with Gasteiger partial charge in [0.25, 0.3) is 0 Å². The SMILES string of the molecule is CC(C)CCN(Cc1ccc(C(C)C(=O)O)cc1-c1ccc(C(F)(F)F)cc1)c1ccc(C(F)(F)F)cc1. The fourth-order valence-corrected chi connectivity index (χ4v) is 4.03. The fourth-order valence-electron chi connectivity index (χ4n) is 4.03. The molecule has 0 saturated heterocycles. The standard InChI is InChI=1S/C29H29F6NO2/c1-18(2)14-15-36(25-12-10-24(11-13-25)29(33,34)35)17-22-5-4-21(19(3)27(37)38)16-26(22)20-6-8-23(9-7-20)28(30,31)32/h4-13,16,18-19H,14-15,17H2,1-3H3,(H,37,38). The van der Waals surface area contributed by atoms with E-state index in [-0.39, 0.29) is 6.54 Å². The second-order valence-electron chi connectivity index (χ2n) is 9.70. The Bertz CT molecular complexity index is 1230. The predicted octanol–water partition coefficient (Wildman–Crippen LogP) is 8.63. The molecule has 3 aromatic rings. The van der Waals surface area contributed by atoms with Crippen LogP contribution in [0.4, 0.5) is 32.0 Å². The van der Waals surface area contributed by atoms with E-state index in [2.05, 4.69) is 0 Å². The molecule has 0 aliphatic rings. The van der Waals surface area contributed by atoms with Crippen molar-refractivity contribution in [2.75, 3.05) is 11.4 Å². The minimum Gasteiger partial charge on any atom is -0.481 e. The highest BCUT2D eigenvalue weighted by atomic mass is 19.4. The van der Waals surface area contributed by atoms with E-state index in [0.717, 1.165) is 30.7 Å². The van der Waals surface area contributed by atoms with Crippen molar-refractivity contribution in [3.05, 3.63) is 89.0 Å². The zero-order chi connectivity index (χ0) is 28.3. The van der Waals surface area contributed by atoms with Crippen LogP contribution < -0.4 is 4.90 Å². The van der Waals surface area contributed by atoms with Crippen LogP contribution >= 0.6 is 0 Å². The number of halogens is 6. The monoisotopic (exact) mass is 537 g/mol. The summed E-state index contributed by atoms with van der Waals surface area (Å²) in [5.41, 5.74) is 1.23. The first-order valence-electron chi connectivity index (χ1n) is 12.1. The number of anilines is 1. The van der Waals surface area contributed by atoms with Gasteiger partial charge < -0.3 is 10.0 Å². The Morgan fingerprint density at radius 3 is 1.82 bits per heavy atom. The van der Waals surface area contributed by atoms with Gasteiger partial charge in [0.05, 0.1) is 17.0 Å². The molecule has 1 unspecified atom stereocenters. The molecule has 0 heterocycles. The van der Waals surface area contributed by atoms with Gasteiger partial charge in [0.1, 0.15) is 0 Å². The van der Waals surface area contributed by atoms with Crippen LogP contribution in [0.5, 0.6) is 0 Å². The summed E-state index contributed by atoms with van der Waals surface area (Å²) in [5.74, 6) is -1.57. The van der Waals surface area contributed by atoms with Crippen molar-refractivity contribution in [3.63, 3.8) is 0 Å². The summed E-state index contributed by atoms with van der Waals surface area (Å²) in [6.45, 7) is 6.37. The first-order chi connectivity index (χ1) is 17.7. The maximum atomic E-state index is 13.1. The third-order valence-corrected chi connectivity index (χ3v) is 6.42. The van der Waals surface area contributed by atoms with Crippen molar-refractivity contribution in [3.8, 4) is 11.1 Å². The zero-order valence-corrected chi connectivity index (χ0v) is 21.2. The van der Waals surface area contributed by atoms with Crippen molar-refractivity contribution in [2.45, 2.75) is 52.0 Å². The maximum absolute atomic E-state index is 13.1. The third-order valence-electron chi connectivity index (χ3n) is 6.42. The molecule has 3 nitrogen and oxygen atoms in total. The van der Waals surface area contributed by atoms with E-state index in [1.165, 1.54) is 31.2 Å². The van der Waals surface area contributed by atoms with Gasteiger partial charge >= 0.3 is 18.3 Å². The topological polar surface area (TPSA) is 40.5 Å². The Balaban J connectivity index is 2.06. The third kappa shape index (κ3) is 7.30. The quantitative estimate of drug-likeness (QED) is 0.278. The molecule has 0 saturated carbocycles. The molecule has 0 fully saturated rings. The summed E-state index contributed by atoms with van der Waals surface area (Å²) >= 11 is 0. The summed E-state index contributed by atoms with van der Waals surface area (Å²) < 4.78 is 78.7. The summed E-state index contributed by atoms with van der Waals surface area (Å²) in [5, 5.41) is 9.47. The Labute approximate surface area is 217 Å². The normalized spacial score (nSPS) is 13.0. The van der Waals surface area contributed by atoms with Gasteiger partial charge in [0.15, 0.2) is 0 Å². The van der Waals surface area contributed by atoms with Gasteiger partial charge in [-0.25, -0.2) is 0 Å². The number of carboxylic acid groups (broad SMARTS) is 1. The van der Waals surface area contributed by atoms with E-state index < -0.39 is 35.4 Å². The van der Waals surface area contributed by atoms with Gasteiger partial charge in [-0.2, -0.15) is 26.3 Å². The van der Waals surface area contributed by atoms with Crippen LogP contribution in [-0.2, 0) is 23.7 Å². The van der Waals surface area contributed by atoms with Gasteiger partial charge in [0.2, 0.25) is 0 Å². The summed E-state index contributed by atoms with van der Waals surface area (Å²) in [6.07, 6.45) is -8.21. The number of hydrogen-bond acceptors (Lipinski definition) is 2. The van der Waals surface area contributed by atoms with Crippen LogP contribution in [-0.4, -0.2) is 17.6 Å². The van der Waals surface area contributed by atoms with E-state index in [1.54, 1.807) is 18.2 Å². The molecule has 0 aliphatic carbocycles.